The van der Waals surface area contributed by atoms with Gasteiger partial charge in [-0.1, -0.05) is 60.7 Å². The molecular formula is C20H12F3N3O. The van der Waals surface area contributed by atoms with Crippen molar-refractivity contribution in [3.05, 3.63) is 93.9 Å². The van der Waals surface area contributed by atoms with E-state index in [-0.39, 0.29) is 10.2 Å². The predicted molar refractivity (Wildman–Crippen MR) is 95.3 cm³/mol. The van der Waals surface area contributed by atoms with E-state index < -0.39 is 23.0 Å². The lowest BCUT2D eigenvalue weighted by molar-refractivity contribution is -0.143. The second kappa shape index (κ2) is 7.30. The Labute approximate surface area is 152 Å². The molecule has 7 heteroatoms. The number of pyridine rings is 1. The SMILES string of the molecule is N#Cc1c(-c2ccccc2)cc(C(F)(F)F)n(/N=C/c2ccccc2)c1=O. The number of benzene rings is 2. The second-order valence-corrected chi connectivity index (χ2v) is 5.57. The highest BCUT2D eigenvalue weighted by atomic mass is 19.4. The van der Waals surface area contributed by atoms with E-state index in [2.05, 4.69) is 5.10 Å². The Morgan fingerprint density at radius 1 is 1.00 bits per heavy atom. The average Bonchev–Trinajstić information content (AvgIpc) is 2.67. The van der Waals surface area contributed by atoms with Crippen LogP contribution in [0.1, 0.15) is 16.8 Å². The molecule has 1 aromatic heterocycles. The lowest BCUT2D eigenvalue weighted by Gasteiger charge is -2.14. The fourth-order valence-corrected chi connectivity index (χ4v) is 2.53. The molecule has 0 spiro atoms. The maximum atomic E-state index is 13.6. The zero-order valence-corrected chi connectivity index (χ0v) is 13.8. The molecule has 0 saturated carbocycles. The Kier molecular flexibility index (Phi) is 4.90. The van der Waals surface area contributed by atoms with Gasteiger partial charge in [0.25, 0.3) is 5.56 Å². The number of halogens is 3. The normalized spacial score (nSPS) is 11.5. The lowest BCUT2D eigenvalue weighted by atomic mass is 10.0. The van der Waals surface area contributed by atoms with E-state index in [0.29, 0.717) is 11.1 Å². The summed E-state index contributed by atoms with van der Waals surface area (Å²) in [4.78, 5) is 12.6. The minimum absolute atomic E-state index is 0.0819. The monoisotopic (exact) mass is 367 g/mol. The molecular weight excluding hydrogens is 355 g/mol. The van der Waals surface area contributed by atoms with Gasteiger partial charge < -0.3 is 0 Å². The molecule has 0 atom stereocenters. The highest BCUT2D eigenvalue weighted by molar-refractivity contribution is 5.79. The highest BCUT2D eigenvalue weighted by Crippen LogP contribution is 2.32. The number of aromatic nitrogens is 1. The molecule has 0 aliphatic carbocycles. The van der Waals surface area contributed by atoms with Gasteiger partial charge in [0.15, 0.2) is 5.69 Å². The summed E-state index contributed by atoms with van der Waals surface area (Å²) in [6.45, 7) is 0. The molecule has 0 fully saturated rings. The Morgan fingerprint density at radius 2 is 1.59 bits per heavy atom. The van der Waals surface area contributed by atoms with E-state index in [9.17, 15) is 23.2 Å². The summed E-state index contributed by atoms with van der Waals surface area (Å²) >= 11 is 0. The van der Waals surface area contributed by atoms with Crippen LogP contribution in [0.5, 0.6) is 0 Å². The smallest absolute Gasteiger partial charge is 0.266 e. The second-order valence-electron chi connectivity index (χ2n) is 5.57. The first-order chi connectivity index (χ1) is 12.9. The maximum absolute atomic E-state index is 13.6. The van der Waals surface area contributed by atoms with Crippen molar-refractivity contribution in [2.75, 3.05) is 0 Å². The number of nitrogens with zero attached hydrogens (tertiary/aromatic N) is 3. The molecule has 0 unspecified atom stereocenters. The summed E-state index contributed by atoms with van der Waals surface area (Å²) in [7, 11) is 0. The molecule has 3 rings (SSSR count). The third-order valence-electron chi connectivity index (χ3n) is 3.79. The average molecular weight is 367 g/mol. The van der Waals surface area contributed by atoms with Gasteiger partial charge in [-0.3, -0.25) is 4.79 Å². The molecule has 134 valence electrons. The van der Waals surface area contributed by atoms with Gasteiger partial charge in [-0.2, -0.15) is 28.2 Å². The summed E-state index contributed by atoms with van der Waals surface area (Å²) < 4.78 is 40.9. The quantitative estimate of drug-likeness (QED) is 0.649. The van der Waals surface area contributed by atoms with Crippen LogP contribution in [0.25, 0.3) is 11.1 Å². The Bertz CT molecular complexity index is 1080. The first-order valence-electron chi connectivity index (χ1n) is 7.84. The van der Waals surface area contributed by atoms with E-state index in [1.165, 1.54) is 12.1 Å². The van der Waals surface area contributed by atoms with E-state index in [1.54, 1.807) is 54.6 Å². The van der Waals surface area contributed by atoms with E-state index in [1.807, 2.05) is 0 Å². The van der Waals surface area contributed by atoms with Gasteiger partial charge in [0.1, 0.15) is 11.6 Å². The molecule has 0 N–H and O–H groups in total. The van der Waals surface area contributed by atoms with E-state index in [0.717, 1.165) is 12.3 Å². The molecule has 4 nitrogen and oxygen atoms in total. The lowest BCUT2D eigenvalue weighted by Crippen LogP contribution is -2.28. The van der Waals surface area contributed by atoms with Crippen LogP contribution in [0.3, 0.4) is 0 Å². The highest BCUT2D eigenvalue weighted by Gasteiger charge is 2.36. The van der Waals surface area contributed by atoms with Crippen molar-refractivity contribution >= 4 is 6.21 Å². The summed E-state index contributed by atoms with van der Waals surface area (Å²) in [6, 6.07) is 18.8. The van der Waals surface area contributed by atoms with Gasteiger partial charge in [0, 0.05) is 5.56 Å². The molecule has 0 bridgehead atoms. The largest absolute Gasteiger partial charge is 0.433 e. The first-order valence-corrected chi connectivity index (χ1v) is 7.84. The maximum Gasteiger partial charge on any atom is 0.433 e. The molecule has 3 aromatic rings. The molecule has 0 amide bonds. The van der Waals surface area contributed by atoms with Gasteiger partial charge in [0.05, 0.1) is 6.21 Å². The fraction of sp³-hybridized carbons (Fsp3) is 0.0500. The summed E-state index contributed by atoms with van der Waals surface area (Å²) in [6.07, 6.45) is -3.69. The van der Waals surface area contributed by atoms with Crippen LogP contribution in [0.15, 0.2) is 76.6 Å². The van der Waals surface area contributed by atoms with Crippen LogP contribution < -0.4 is 5.56 Å². The van der Waals surface area contributed by atoms with Gasteiger partial charge in [-0.05, 0) is 17.2 Å². The third kappa shape index (κ3) is 3.80. The molecule has 1 heterocycles. The van der Waals surface area contributed by atoms with Crippen molar-refractivity contribution in [2.24, 2.45) is 5.10 Å². The van der Waals surface area contributed by atoms with Crippen molar-refractivity contribution in [3.63, 3.8) is 0 Å². The molecule has 0 saturated heterocycles. The Morgan fingerprint density at radius 3 is 2.15 bits per heavy atom. The third-order valence-corrected chi connectivity index (χ3v) is 3.79. The molecule has 0 aliphatic heterocycles. The molecule has 0 aliphatic rings. The predicted octanol–water partition coefficient (Wildman–Crippen LogP) is 4.29. The Balaban J connectivity index is 2.26. The van der Waals surface area contributed by atoms with Gasteiger partial charge in [-0.15, -0.1) is 0 Å². The summed E-state index contributed by atoms with van der Waals surface area (Å²) in [5.74, 6) is 0. The van der Waals surface area contributed by atoms with Crippen LogP contribution >= 0.6 is 0 Å². The molecule has 2 aromatic carbocycles. The van der Waals surface area contributed by atoms with Crippen LogP contribution in [-0.2, 0) is 6.18 Å². The van der Waals surface area contributed by atoms with Crippen LogP contribution in [-0.4, -0.2) is 10.9 Å². The number of hydrogen-bond acceptors (Lipinski definition) is 3. The van der Waals surface area contributed by atoms with Crippen molar-refractivity contribution in [1.29, 1.82) is 5.26 Å². The zero-order valence-electron chi connectivity index (χ0n) is 13.8. The molecule has 27 heavy (non-hydrogen) atoms. The van der Waals surface area contributed by atoms with Crippen LogP contribution in [0, 0.1) is 11.3 Å². The van der Waals surface area contributed by atoms with E-state index >= 15 is 0 Å². The standard InChI is InChI=1S/C20H12F3N3O/c21-20(22,23)18-11-16(15-9-5-2-6-10-15)17(12-24)19(27)26(18)25-13-14-7-3-1-4-8-14/h1-11,13H/b25-13+. The van der Waals surface area contributed by atoms with Gasteiger partial charge in [-0.25, -0.2) is 0 Å². The topological polar surface area (TPSA) is 58.1 Å². The van der Waals surface area contributed by atoms with Gasteiger partial charge >= 0.3 is 6.18 Å². The summed E-state index contributed by atoms with van der Waals surface area (Å²) in [5.41, 5.74) is -2.00. The molecule has 0 radical (unpaired) electrons. The zero-order chi connectivity index (χ0) is 19.4. The van der Waals surface area contributed by atoms with Gasteiger partial charge in [0.2, 0.25) is 0 Å². The number of alkyl halides is 3. The van der Waals surface area contributed by atoms with E-state index in [4.69, 9.17) is 0 Å². The van der Waals surface area contributed by atoms with Crippen molar-refractivity contribution in [1.82, 2.24) is 4.68 Å². The number of rotatable bonds is 3. The Hall–Kier alpha value is -3.66. The minimum atomic E-state index is -4.83. The first kappa shape index (κ1) is 18.1. The minimum Gasteiger partial charge on any atom is -0.266 e. The number of hydrogen-bond donors (Lipinski definition) is 0. The van der Waals surface area contributed by atoms with Crippen LogP contribution in [0.4, 0.5) is 13.2 Å². The fourth-order valence-electron chi connectivity index (χ4n) is 2.53. The van der Waals surface area contributed by atoms with Crippen molar-refractivity contribution < 1.29 is 13.2 Å². The number of nitriles is 1. The van der Waals surface area contributed by atoms with Crippen molar-refractivity contribution in [2.45, 2.75) is 6.18 Å². The van der Waals surface area contributed by atoms with Crippen LogP contribution in [0.2, 0.25) is 0 Å². The van der Waals surface area contributed by atoms with Crippen molar-refractivity contribution in [3.8, 4) is 17.2 Å². The summed E-state index contributed by atoms with van der Waals surface area (Å²) in [5, 5.41) is 13.1.